The fraction of sp³-hybridized carbons (Fsp3) is 0.364. The van der Waals surface area contributed by atoms with Crippen molar-refractivity contribution >= 4 is 5.78 Å². The molecule has 1 N–H and O–H groups in total. The number of halogens is 3. The maximum absolute atomic E-state index is 12.6. The first-order chi connectivity index (χ1) is 7.32. The molecule has 16 heavy (non-hydrogen) atoms. The van der Waals surface area contributed by atoms with E-state index in [0.717, 1.165) is 6.07 Å². The Bertz CT molecular complexity index is 385. The zero-order chi connectivity index (χ0) is 12.3. The van der Waals surface area contributed by atoms with Crippen LogP contribution in [-0.2, 0) is 11.0 Å². The molecule has 0 fully saturated rings. The lowest BCUT2D eigenvalue weighted by molar-refractivity contribution is -0.139. The van der Waals surface area contributed by atoms with Crippen LogP contribution in [0.3, 0.4) is 0 Å². The summed E-state index contributed by atoms with van der Waals surface area (Å²) in [6.07, 6.45) is -6.24. The van der Waals surface area contributed by atoms with Gasteiger partial charge in [-0.25, -0.2) is 0 Å². The molecule has 1 atom stereocenters. The molecule has 0 unspecified atom stereocenters. The standard InChI is InChI=1S/C11H11F3O2/c1-7(15)6-10(16)8-4-2-3-5-9(8)11(12,13)14/h2-5,10,16H,6H2,1H3/t10-/m1/s1. The Morgan fingerprint density at radius 2 is 1.94 bits per heavy atom. The average molecular weight is 232 g/mol. The second kappa shape index (κ2) is 4.65. The predicted octanol–water partition coefficient (Wildman–Crippen LogP) is 2.72. The summed E-state index contributed by atoms with van der Waals surface area (Å²) in [6.45, 7) is 1.22. The number of carbonyl (C=O) groups excluding carboxylic acids is 1. The Morgan fingerprint density at radius 3 is 2.44 bits per heavy atom. The maximum Gasteiger partial charge on any atom is 0.416 e. The zero-order valence-electron chi connectivity index (χ0n) is 8.58. The van der Waals surface area contributed by atoms with Crippen LogP contribution < -0.4 is 0 Å². The summed E-state index contributed by atoms with van der Waals surface area (Å²) in [5, 5.41) is 9.51. The minimum Gasteiger partial charge on any atom is -0.388 e. The van der Waals surface area contributed by atoms with E-state index in [4.69, 9.17) is 0 Å². The lowest BCUT2D eigenvalue weighted by Gasteiger charge is -2.16. The largest absolute Gasteiger partial charge is 0.416 e. The number of carbonyl (C=O) groups is 1. The van der Waals surface area contributed by atoms with Crippen molar-refractivity contribution in [3.63, 3.8) is 0 Å². The molecule has 0 heterocycles. The Morgan fingerprint density at radius 1 is 1.38 bits per heavy atom. The SMILES string of the molecule is CC(=O)C[C@@H](O)c1ccccc1C(F)(F)F. The molecule has 1 rings (SSSR count). The molecule has 0 saturated heterocycles. The van der Waals surface area contributed by atoms with Crippen LogP contribution in [-0.4, -0.2) is 10.9 Å². The Balaban J connectivity index is 3.08. The van der Waals surface area contributed by atoms with Crippen molar-refractivity contribution in [3.8, 4) is 0 Å². The molecule has 0 aliphatic heterocycles. The highest BCUT2D eigenvalue weighted by atomic mass is 19.4. The number of alkyl halides is 3. The monoisotopic (exact) mass is 232 g/mol. The van der Waals surface area contributed by atoms with Gasteiger partial charge in [0.2, 0.25) is 0 Å². The second-order valence-corrected chi connectivity index (χ2v) is 3.51. The van der Waals surface area contributed by atoms with E-state index < -0.39 is 17.8 Å². The molecule has 0 aliphatic carbocycles. The third-order valence-electron chi connectivity index (χ3n) is 2.11. The van der Waals surface area contributed by atoms with Gasteiger partial charge in [-0.05, 0) is 18.6 Å². The van der Waals surface area contributed by atoms with Gasteiger partial charge in [0.25, 0.3) is 0 Å². The highest BCUT2D eigenvalue weighted by molar-refractivity contribution is 5.76. The van der Waals surface area contributed by atoms with Gasteiger partial charge >= 0.3 is 6.18 Å². The number of hydrogen-bond donors (Lipinski definition) is 1. The van der Waals surface area contributed by atoms with E-state index in [-0.39, 0.29) is 17.8 Å². The van der Waals surface area contributed by atoms with E-state index in [1.807, 2.05) is 0 Å². The van der Waals surface area contributed by atoms with Crippen molar-refractivity contribution in [2.45, 2.75) is 25.6 Å². The van der Waals surface area contributed by atoms with Crippen LogP contribution in [0.4, 0.5) is 13.2 Å². The lowest BCUT2D eigenvalue weighted by atomic mass is 9.99. The van der Waals surface area contributed by atoms with Crippen LogP contribution in [0.15, 0.2) is 24.3 Å². The number of benzene rings is 1. The van der Waals surface area contributed by atoms with E-state index in [1.165, 1.54) is 25.1 Å². The molecule has 0 radical (unpaired) electrons. The number of rotatable bonds is 3. The first-order valence-corrected chi connectivity index (χ1v) is 4.66. The van der Waals surface area contributed by atoms with Gasteiger partial charge in [0, 0.05) is 6.42 Å². The first-order valence-electron chi connectivity index (χ1n) is 4.66. The summed E-state index contributed by atoms with van der Waals surface area (Å²) < 4.78 is 37.7. The molecule has 0 spiro atoms. The third kappa shape index (κ3) is 3.06. The smallest absolute Gasteiger partial charge is 0.388 e. The van der Waals surface area contributed by atoms with E-state index in [2.05, 4.69) is 0 Å². The van der Waals surface area contributed by atoms with Crippen molar-refractivity contribution in [3.05, 3.63) is 35.4 Å². The van der Waals surface area contributed by atoms with Crippen molar-refractivity contribution in [2.24, 2.45) is 0 Å². The number of ketones is 1. The Hall–Kier alpha value is -1.36. The topological polar surface area (TPSA) is 37.3 Å². The molecular weight excluding hydrogens is 221 g/mol. The fourth-order valence-electron chi connectivity index (χ4n) is 1.43. The molecule has 1 aromatic rings. The van der Waals surface area contributed by atoms with E-state index in [9.17, 15) is 23.1 Å². The molecule has 0 aromatic heterocycles. The molecule has 5 heteroatoms. The van der Waals surface area contributed by atoms with Gasteiger partial charge in [0.05, 0.1) is 11.7 Å². The highest BCUT2D eigenvalue weighted by Gasteiger charge is 2.34. The van der Waals surface area contributed by atoms with Gasteiger partial charge in [-0.3, -0.25) is 4.79 Å². The molecule has 0 bridgehead atoms. The Labute approximate surface area is 90.7 Å². The zero-order valence-corrected chi connectivity index (χ0v) is 8.58. The van der Waals surface area contributed by atoms with Gasteiger partial charge in [0.15, 0.2) is 0 Å². The van der Waals surface area contributed by atoms with E-state index in [0.29, 0.717) is 0 Å². The summed E-state index contributed by atoms with van der Waals surface area (Å²) >= 11 is 0. The minimum absolute atomic E-state index is 0.259. The summed E-state index contributed by atoms with van der Waals surface area (Å²) in [5.41, 5.74) is -1.16. The van der Waals surface area contributed by atoms with Crippen LogP contribution in [0.5, 0.6) is 0 Å². The van der Waals surface area contributed by atoms with Crippen LogP contribution in [0.1, 0.15) is 30.6 Å². The van der Waals surface area contributed by atoms with Crippen LogP contribution in [0.2, 0.25) is 0 Å². The van der Waals surface area contributed by atoms with Crippen molar-refractivity contribution in [2.75, 3.05) is 0 Å². The first kappa shape index (κ1) is 12.7. The van der Waals surface area contributed by atoms with Crippen LogP contribution >= 0.6 is 0 Å². The van der Waals surface area contributed by atoms with Gasteiger partial charge in [0.1, 0.15) is 5.78 Å². The second-order valence-electron chi connectivity index (χ2n) is 3.51. The average Bonchev–Trinajstić information content (AvgIpc) is 2.15. The number of aliphatic hydroxyl groups is 1. The van der Waals surface area contributed by atoms with Gasteiger partial charge < -0.3 is 5.11 Å². The molecule has 0 saturated carbocycles. The van der Waals surface area contributed by atoms with Crippen LogP contribution in [0.25, 0.3) is 0 Å². The molecule has 1 aromatic carbocycles. The molecule has 88 valence electrons. The van der Waals surface area contributed by atoms with E-state index in [1.54, 1.807) is 0 Å². The normalized spacial score (nSPS) is 13.6. The maximum atomic E-state index is 12.6. The fourth-order valence-corrected chi connectivity index (χ4v) is 1.43. The number of Topliss-reactive ketones (excluding diaryl/α,β-unsaturated/α-hetero) is 1. The van der Waals surface area contributed by atoms with Gasteiger partial charge in [-0.1, -0.05) is 18.2 Å². The van der Waals surface area contributed by atoms with E-state index >= 15 is 0 Å². The van der Waals surface area contributed by atoms with Crippen molar-refractivity contribution < 1.29 is 23.1 Å². The summed E-state index contributed by atoms with van der Waals surface area (Å²) in [4.78, 5) is 10.7. The minimum atomic E-state index is -4.52. The van der Waals surface area contributed by atoms with Gasteiger partial charge in [-0.2, -0.15) is 13.2 Å². The molecule has 0 amide bonds. The number of hydrogen-bond acceptors (Lipinski definition) is 2. The van der Waals surface area contributed by atoms with Crippen LogP contribution in [0, 0.1) is 0 Å². The molecule has 2 nitrogen and oxygen atoms in total. The molecule has 0 aliphatic rings. The molecular formula is C11H11F3O2. The third-order valence-corrected chi connectivity index (χ3v) is 2.11. The number of aliphatic hydroxyl groups excluding tert-OH is 1. The Kier molecular flexibility index (Phi) is 3.70. The predicted molar refractivity (Wildman–Crippen MR) is 51.7 cm³/mol. The van der Waals surface area contributed by atoms with Crippen molar-refractivity contribution in [1.82, 2.24) is 0 Å². The summed E-state index contributed by atoms with van der Waals surface area (Å²) in [5.74, 6) is -0.357. The van der Waals surface area contributed by atoms with Gasteiger partial charge in [-0.15, -0.1) is 0 Å². The summed E-state index contributed by atoms with van der Waals surface area (Å²) in [6, 6.07) is 4.70. The quantitative estimate of drug-likeness (QED) is 0.869. The summed E-state index contributed by atoms with van der Waals surface area (Å²) in [7, 11) is 0. The highest BCUT2D eigenvalue weighted by Crippen LogP contribution is 2.35. The lowest BCUT2D eigenvalue weighted by Crippen LogP contribution is -2.13. The van der Waals surface area contributed by atoms with Crippen molar-refractivity contribution in [1.29, 1.82) is 0 Å².